The first-order valence-corrected chi connectivity index (χ1v) is 8.85. The lowest BCUT2D eigenvalue weighted by Crippen LogP contribution is -2.13. The molecule has 6 nitrogen and oxygen atoms in total. The van der Waals surface area contributed by atoms with Gasteiger partial charge in [0.15, 0.2) is 5.78 Å². The van der Waals surface area contributed by atoms with Gasteiger partial charge in [-0.05, 0) is 30.9 Å². The Morgan fingerprint density at radius 3 is 2.44 bits per heavy atom. The minimum Gasteiger partial charge on any atom is -0.462 e. The summed E-state index contributed by atoms with van der Waals surface area (Å²) in [6, 6.07) is 10.6. The largest absolute Gasteiger partial charge is 0.462 e. The van der Waals surface area contributed by atoms with E-state index in [0.29, 0.717) is 11.3 Å². The Balaban J connectivity index is 2.43. The molecule has 7 heteroatoms. The van der Waals surface area contributed by atoms with Crippen LogP contribution in [-0.2, 0) is 4.74 Å². The van der Waals surface area contributed by atoms with E-state index in [1.165, 1.54) is 42.1 Å². The summed E-state index contributed by atoms with van der Waals surface area (Å²) in [6.07, 6.45) is 2.40. The van der Waals surface area contributed by atoms with Crippen LogP contribution in [0, 0.1) is 10.1 Å². The molecule has 0 spiro atoms. The Bertz CT molecular complexity index is 819. The average Bonchev–Trinajstić information content (AvgIpc) is 2.64. The van der Waals surface area contributed by atoms with Crippen LogP contribution < -0.4 is 0 Å². The minimum absolute atomic E-state index is 0.135. The van der Waals surface area contributed by atoms with Gasteiger partial charge in [-0.2, -0.15) is 0 Å². The topological polar surface area (TPSA) is 86.5 Å². The molecule has 0 N–H and O–H groups in total. The van der Waals surface area contributed by atoms with Crippen molar-refractivity contribution in [2.45, 2.75) is 18.2 Å². The molecule has 2 aromatic rings. The van der Waals surface area contributed by atoms with E-state index in [-0.39, 0.29) is 29.0 Å². The van der Waals surface area contributed by atoms with Crippen molar-refractivity contribution < 1.29 is 19.2 Å². The van der Waals surface area contributed by atoms with Crippen LogP contribution in [-0.4, -0.2) is 29.5 Å². The van der Waals surface area contributed by atoms with Gasteiger partial charge in [0.2, 0.25) is 0 Å². The average molecular weight is 359 g/mol. The first kappa shape index (κ1) is 18.7. The number of benzene rings is 2. The molecule has 0 radical (unpaired) electrons. The Labute approximate surface area is 149 Å². The third kappa shape index (κ3) is 4.24. The van der Waals surface area contributed by atoms with Crippen LogP contribution in [0.1, 0.15) is 39.6 Å². The molecule has 0 aliphatic heterocycles. The number of ketones is 1. The van der Waals surface area contributed by atoms with Gasteiger partial charge in [0.1, 0.15) is 0 Å². The Morgan fingerprint density at radius 1 is 1.16 bits per heavy atom. The zero-order valence-corrected chi connectivity index (χ0v) is 14.7. The van der Waals surface area contributed by atoms with Crippen LogP contribution in [0.5, 0.6) is 0 Å². The fourth-order valence-corrected chi connectivity index (χ4v) is 2.81. The maximum absolute atomic E-state index is 12.8. The number of rotatable bonds is 7. The molecule has 0 saturated heterocycles. The van der Waals surface area contributed by atoms with Crippen LogP contribution in [0.4, 0.5) is 5.69 Å². The van der Waals surface area contributed by atoms with Crippen LogP contribution in [0.15, 0.2) is 47.4 Å². The second kappa shape index (κ2) is 8.43. The second-order valence-corrected chi connectivity index (χ2v) is 6.00. The summed E-state index contributed by atoms with van der Waals surface area (Å²) >= 11 is 1.23. The molecule has 2 aromatic carbocycles. The van der Waals surface area contributed by atoms with Crippen LogP contribution in [0.3, 0.4) is 0 Å². The highest BCUT2D eigenvalue weighted by Gasteiger charge is 2.22. The monoisotopic (exact) mass is 359 g/mol. The number of esters is 1. The lowest BCUT2D eigenvalue weighted by Gasteiger charge is -2.09. The Kier molecular flexibility index (Phi) is 6.30. The van der Waals surface area contributed by atoms with Crippen molar-refractivity contribution in [3.8, 4) is 0 Å². The van der Waals surface area contributed by atoms with Gasteiger partial charge in [-0.1, -0.05) is 25.1 Å². The fourth-order valence-electron chi connectivity index (χ4n) is 2.26. The predicted molar refractivity (Wildman–Crippen MR) is 95.3 cm³/mol. The molecule has 0 saturated carbocycles. The molecule has 0 fully saturated rings. The maximum atomic E-state index is 12.8. The molecular formula is C18H17NO5S. The predicted octanol–water partition coefficient (Wildman–Crippen LogP) is 4.11. The number of carbonyl (C=O) groups excluding carboxylic acids is 2. The summed E-state index contributed by atoms with van der Waals surface area (Å²) < 4.78 is 5.10. The third-order valence-corrected chi connectivity index (χ3v) is 4.25. The minimum atomic E-state index is -0.582. The Hall–Kier alpha value is -2.67. The summed E-state index contributed by atoms with van der Waals surface area (Å²) in [6.45, 7) is 2.13. The zero-order chi connectivity index (χ0) is 18.4. The van der Waals surface area contributed by atoms with Gasteiger partial charge in [0.25, 0.3) is 5.69 Å². The maximum Gasteiger partial charge on any atom is 0.338 e. The van der Waals surface area contributed by atoms with Crippen molar-refractivity contribution in [2.75, 3.05) is 12.9 Å². The normalized spacial score (nSPS) is 10.3. The van der Waals surface area contributed by atoms with Gasteiger partial charge in [-0.3, -0.25) is 14.9 Å². The highest BCUT2D eigenvalue weighted by molar-refractivity contribution is 7.98. The molecule has 0 unspecified atom stereocenters. The molecule has 0 bridgehead atoms. The quantitative estimate of drug-likeness (QED) is 0.243. The lowest BCUT2D eigenvalue weighted by atomic mass is 9.98. The van der Waals surface area contributed by atoms with Gasteiger partial charge in [-0.15, -0.1) is 11.8 Å². The summed E-state index contributed by atoms with van der Waals surface area (Å²) in [4.78, 5) is 36.1. The standard InChI is InChI=1S/C18H17NO5S/c1-3-10-24-18(21)14-7-5-4-6-13(14)17(20)12-8-9-16(25-2)15(11-12)19(22)23/h4-9,11H,3,10H2,1-2H3. The third-order valence-electron chi connectivity index (χ3n) is 3.47. The van der Waals surface area contributed by atoms with E-state index < -0.39 is 16.7 Å². The van der Waals surface area contributed by atoms with Crippen molar-refractivity contribution in [1.82, 2.24) is 0 Å². The summed E-state index contributed by atoms with van der Waals surface area (Å²) in [5, 5.41) is 11.2. The smallest absolute Gasteiger partial charge is 0.338 e. The number of nitro groups is 1. The molecule has 130 valence electrons. The van der Waals surface area contributed by atoms with E-state index in [4.69, 9.17) is 4.74 Å². The highest BCUT2D eigenvalue weighted by Crippen LogP contribution is 2.29. The van der Waals surface area contributed by atoms with Crippen molar-refractivity contribution in [3.05, 3.63) is 69.3 Å². The first-order valence-electron chi connectivity index (χ1n) is 7.62. The fraction of sp³-hybridized carbons (Fsp3) is 0.222. The molecule has 0 aliphatic rings. The molecule has 0 amide bonds. The number of nitrogens with zero attached hydrogens (tertiary/aromatic N) is 1. The molecule has 0 heterocycles. The number of nitro benzene ring substituents is 1. The van der Waals surface area contributed by atoms with E-state index in [0.717, 1.165) is 0 Å². The number of thioether (sulfide) groups is 1. The SMILES string of the molecule is CCCOC(=O)c1ccccc1C(=O)c1ccc(SC)c([N+](=O)[O-])c1. The lowest BCUT2D eigenvalue weighted by molar-refractivity contribution is -0.387. The number of ether oxygens (including phenoxy) is 1. The molecule has 0 atom stereocenters. The second-order valence-electron chi connectivity index (χ2n) is 5.15. The van der Waals surface area contributed by atoms with Crippen molar-refractivity contribution in [3.63, 3.8) is 0 Å². The van der Waals surface area contributed by atoms with Crippen molar-refractivity contribution in [1.29, 1.82) is 0 Å². The Morgan fingerprint density at radius 2 is 1.84 bits per heavy atom. The van der Waals surface area contributed by atoms with Crippen molar-refractivity contribution >= 4 is 29.2 Å². The number of hydrogen-bond donors (Lipinski definition) is 0. The molecular weight excluding hydrogens is 342 g/mol. The summed E-state index contributed by atoms with van der Waals surface area (Å²) in [5.41, 5.74) is 0.331. The number of hydrogen-bond acceptors (Lipinski definition) is 6. The van der Waals surface area contributed by atoms with Gasteiger partial charge >= 0.3 is 5.97 Å². The van der Waals surface area contributed by atoms with Gasteiger partial charge in [0.05, 0.1) is 22.0 Å². The van der Waals surface area contributed by atoms with E-state index in [9.17, 15) is 19.7 Å². The summed E-state index contributed by atoms with van der Waals surface area (Å²) in [5.74, 6) is -1.04. The van der Waals surface area contributed by atoms with E-state index in [1.807, 2.05) is 6.92 Å². The van der Waals surface area contributed by atoms with Crippen LogP contribution in [0.2, 0.25) is 0 Å². The van der Waals surface area contributed by atoms with Crippen molar-refractivity contribution in [2.24, 2.45) is 0 Å². The first-order chi connectivity index (χ1) is 12.0. The van der Waals surface area contributed by atoms with Gasteiger partial charge in [-0.25, -0.2) is 4.79 Å². The highest BCUT2D eigenvalue weighted by atomic mass is 32.2. The van der Waals surface area contributed by atoms with E-state index >= 15 is 0 Å². The molecule has 0 aliphatic carbocycles. The molecule has 0 aromatic heterocycles. The number of carbonyl (C=O) groups is 2. The van der Waals surface area contributed by atoms with Crippen LogP contribution >= 0.6 is 11.8 Å². The zero-order valence-electron chi connectivity index (χ0n) is 13.9. The molecule has 25 heavy (non-hydrogen) atoms. The van der Waals surface area contributed by atoms with E-state index in [2.05, 4.69) is 0 Å². The van der Waals surface area contributed by atoms with Gasteiger partial charge in [0, 0.05) is 17.2 Å². The summed E-state index contributed by atoms with van der Waals surface area (Å²) in [7, 11) is 0. The van der Waals surface area contributed by atoms with Gasteiger partial charge < -0.3 is 4.74 Å². The van der Waals surface area contributed by atoms with Crippen LogP contribution in [0.25, 0.3) is 0 Å². The molecule has 2 rings (SSSR count). The van der Waals surface area contributed by atoms with E-state index in [1.54, 1.807) is 18.4 Å².